The zero-order valence-corrected chi connectivity index (χ0v) is 18.5. The van der Waals surface area contributed by atoms with Crippen molar-refractivity contribution in [2.75, 3.05) is 17.2 Å². The van der Waals surface area contributed by atoms with Crippen molar-refractivity contribution in [1.29, 1.82) is 0 Å². The minimum Gasteiger partial charge on any atom is -0.351 e. The van der Waals surface area contributed by atoms with Crippen LogP contribution in [0.1, 0.15) is 40.0 Å². The Balaban J connectivity index is 1.43. The van der Waals surface area contributed by atoms with Crippen LogP contribution < -0.4 is 10.2 Å². The van der Waals surface area contributed by atoms with Crippen LogP contribution in [0.4, 0.5) is 5.82 Å². The number of nitrogens with zero attached hydrogens (tertiary/aromatic N) is 5. The third-order valence-electron chi connectivity index (χ3n) is 5.08. The first-order chi connectivity index (χ1) is 15.5. The second-order valence-electron chi connectivity index (χ2n) is 7.51. The standard InChI is InChI=1S/C22H24N6O3S/c1-16-8-11-23-19(14-16)28-20(29)15-32(31)22(28)18-7-4-6-17(26-18)21(30)24-9-2-3-12-27-13-5-10-25-27/h4-8,10-11,13-14,22H,2-3,9,12,15H2,1H3,(H,24,30). The van der Waals surface area contributed by atoms with Gasteiger partial charge in [0, 0.05) is 31.7 Å². The Morgan fingerprint density at radius 3 is 2.88 bits per heavy atom. The van der Waals surface area contributed by atoms with E-state index in [4.69, 9.17) is 0 Å². The fourth-order valence-corrected chi connectivity index (χ4v) is 4.93. The van der Waals surface area contributed by atoms with Crippen LogP contribution in [-0.4, -0.2) is 48.1 Å². The first-order valence-electron chi connectivity index (χ1n) is 10.4. The molecule has 1 fully saturated rings. The molecule has 2 unspecified atom stereocenters. The number of anilines is 1. The first-order valence-corrected chi connectivity index (χ1v) is 11.8. The molecule has 1 N–H and O–H groups in total. The lowest BCUT2D eigenvalue weighted by atomic mass is 10.2. The fourth-order valence-electron chi connectivity index (χ4n) is 3.52. The number of aromatic nitrogens is 4. The summed E-state index contributed by atoms with van der Waals surface area (Å²) in [6.07, 6.45) is 6.94. The maximum Gasteiger partial charge on any atom is 0.269 e. The molecule has 10 heteroatoms. The molecule has 32 heavy (non-hydrogen) atoms. The smallest absolute Gasteiger partial charge is 0.269 e. The number of amides is 2. The van der Waals surface area contributed by atoms with E-state index in [1.54, 1.807) is 36.7 Å². The maximum absolute atomic E-state index is 12.7. The van der Waals surface area contributed by atoms with E-state index >= 15 is 0 Å². The number of hydrogen-bond acceptors (Lipinski definition) is 6. The van der Waals surface area contributed by atoms with Crippen molar-refractivity contribution in [2.24, 2.45) is 0 Å². The molecule has 0 bridgehead atoms. The summed E-state index contributed by atoms with van der Waals surface area (Å²) in [4.78, 5) is 35.3. The predicted octanol–water partition coefficient (Wildman–Crippen LogP) is 1.99. The first kappa shape index (κ1) is 21.8. The number of pyridine rings is 2. The molecule has 2 amide bonds. The summed E-state index contributed by atoms with van der Waals surface area (Å²) >= 11 is 0. The van der Waals surface area contributed by atoms with Gasteiger partial charge in [0.05, 0.1) is 16.5 Å². The molecular formula is C22H24N6O3S. The van der Waals surface area contributed by atoms with Crippen molar-refractivity contribution >= 4 is 28.4 Å². The van der Waals surface area contributed by atoms with Gasteiger partial charge in [0.15, 0.2) is 5.37 Å². The number of nitrogens with one attached hydrogen (secondary N) is 1. The largest absolute Gasteiger partial charge is 0.351 e. The number of aryl methyl sites for hydroxylation is 2. The molecule has 0 aromatic carbocycles. The quantitative estimate of drug-likeness (QED) is 0.524. The highest BCUT2D eigenvalue weighted by atomic mass is 32.2. The monoisotopic (exact) mass is 452 g/mol. The topological polar surface area (TPSA) is 110 Å². The summed E-state index contributed by atoms with van der Waals surface area (Å²) in [5.74, 6) is -0.254. The molecule has 166 valence electrons. The van der Waals surface area contributed by atoms with E-state index in [-0.39, 0.29) is 23.3 Å². The molecule has 0 spiro atoms. The molecule has 3 aromatic rings. The lowest BCUT2D eigenvalue weighted by Crippen LogP contribution is -2.31. The van der Waals surface area contributed by atoms with E-state index in [2.05, 4.69) is 20.4 Å². The number of hydrogen-bond donors (Lipinski definition) is 1. The molecule has 0 radical (unpaired) electrons. The zero-order valence-electron chi connectivity index (χ0n) is 17.7. The van der Waals surface area contributed by atoms with Gasteiger partial charge < -0.3 is 5.32 Å². The van der Waals surface area contributed by atoms with Gasteiger partial charge in [0.25, 0.3) is 5.91 Å². The van der Waals surface area contributed by atoms with Crippen molar-refractivity contribution in [3.63, 3.8) is 0 Å². The van der Waals surface area contributed by atoms with Crippen LogP contribution in [-0.2, 0) is 22.1 Å². The van der Waals surface area contributed by atoms with Crippen LogP contribution in [0, 0.1) is 6.92 Å². The molecule has 0 aliphatic carbocycles. The van der Waals surface area contributed by atoms with Crippen LogP contribution >= 0.6 is 0 Å². The summed E-state index contributed by atoms with van der Waals surface area (Å²) < 4.78 is 14.6. The third kappa shape index (κ3) is 4.91. The van der Waals surface area contributed by atoms with E-state index in [0.29, 0.717) is 18.1 Å². The number of carbonyl (C=O) groups is 2. The van der Waals surface area contributed by atoms with E-state index in [1.807, 2.05) is 29.9 Å². The summed E-state index contributed by atoms with van der Waals surface area (Å²) in [5, 5.41) is 6.24. The third-order valence-corrected chi connectivity index (χ3v) is 6.56. The van der Waals surface area contributed by atoms with Crippen molar-refractivity contribution in [2.45, 2.75) is 31.7 Å². The molecule has 1 aliphatic rings. The fraction of sp³-hybridized carbons (Fsp3) is 0.318. The molecule has 1 saturated heterocycles. The van der Waals surface area contributed by atoms with Gasteiger partial charge in [-0.3, -0.25) is 23.4 Å². The van der Waals surface area contributed by atoms with Gasteiger partial charge in [0.2, 0.25) is 5.91 Å². The molecule has 3 aromatic heterocycles. The minimum absolute atomic E-state index is 0.103. The highest BCUT2D eigenvalue weighted by Gasteiger charge is 2.41. The highest BCUT2D eigenvalue weighted by Crippen LogP contribution is 2.33. The van der Waals surface area contributed by atoms with E-state index < -0.39 is 16.2 Å². The number of rotatable bonds is 8. The number of unbranched alkanes of at least 4 members (excludes halogenated alkanes) is 1. The van der Waals surface area contributed by atoms with E-state index in [1.165, 1.54) is 4.90 Å². The molecule has 2 atom stereocenters. The SMILES string of the molecule is Cc1ccnc(N2C(=O)CS(=O)C2c2cccc(C(=O)NCCCCn3cccn3)n2)c1. The van der Waals surface area contributed by atoms with Crippen LogP contribution in [0.2, 0.25) is 0 Å². The van der Waals surface area contributed by atoms with Gasteiger partial charge >= 0.3 is 0 Å². The van der Waals surface area contributed by atoms with Gasteiger partial charge in [-0.1, -0.05) is 6.07 Å². The molecule has 4 rings (SSSR count). The van der Waals surface area contributed by atoms with Gasteiger partial charge in [-0.25, -0.2) is 9.97 Å². The summed E-state index contributed by atoms with van der Waals surface area (Å²) in [6.45, 7) is 3.20. The van der Waals surface area contributed by atoms with Crippen molar-refractivity contribution in [3.8, 4) is 0 Å². The molecule has 1 aliphatic heterocycles. The van der Waals surface area contributed by atoms with Crippen molar-refractivity contribution in [3.05, 3.63) is 71.9 Å². The van der Waals surface area contributed by atoms with Gasteiger partial charge in [0.1, 0.15) is 17.3 Å². The number of carbonyl (C=O) groups excluding carboxylic acids is 2. The summed E-state index contributed by atoms with van der Waals surface area (Å²) in [6, 6.07) is 10.5. The Labute approximate surface area is 188 Å². The molecule has 4 heterocycles. The molecular weight excluding hydrogens is 428 g/mol. The van der Waals surface area contributed by atoms with Crippen molar-refractivity contribution in [1.82, 2.24) is 25.1 Å². The summed E-state index contributed by atoms with van der Waals surface area (Å²) in [7, 11) is -1.49. The van der Waals surface area contributed by atoms with Crippen LogP contribution in [0.3, 0.4) is 0 Å². The van der Waals surface area contributed by atoms with Gasteiger partial charge in [-0.15, -0.1) is 0 Å². The average Bonchev–Trinajstić information content (AvgIpc) is 3.40. The predicted molar refractivity (Wildman–Crippen MR) is 120 cm³/mol. The van der Waals surface area contributed by atoms with Gasteiger partial charge in [-0.05, 0) is 55.7 Å². The Bertz CT molecular complexity index is 1130. The minimum atomic E-state index is -1.49. The molecule has 9 nitrogen and oxygen atoms in total. The Kier molecular flexibility index (Phi) is 6.69. The second kappa shape index (κ2) is 9.82. The van der Waals surface area contributed by atoms with Crippen LogP contribution in [0.5, 0.6) is 0 Å². The summed E-state index contributed by atoms with van der Waals surface area (Å²) in [5.41, 5.74) is 1.57. The Morgan fingerprint density at radius 2 is 2.09 bits per heavy atom. The highest BCUT2D eigenvalue weighted by molar-refractivity contribution is 7.86. The van der Waals surface area contributed by atoms with E-state index in [9.17, 15) is 13.8 Å². The Morgan fingerprint density at radius 1 is 1.22 bits per heavy atom. The van der Waals surface area contributed by atoms with Crippen molar-refractivity contribution < 1.29 is 13.8 Å². The second-order valence-corrected chi connectivity index (χ2v) is 9.01. The van der Waals surface area contributed by atoms with E-state index in [0.717, 1.165) is 24.9 Å². The Hall–Kier alpha value is -3.40. The van der Waals surface area contributed by atoms with Crippen LogP contribution in [0.25, 0.3) is 0 Å². The van der Waals surface area contributed by atoms with Gasteiger partial charge in [-0.2, -0.15) is 5.10 Å². The normalized spacial score (nSPS) is 18.2. The zero-order chi connectivity index (χ0) is 22.5. The lowest BCUT2D eigenvalue weighted by molar-refractivity contribution is -0.115. The lowest BCUT2D eigenvalue weighted by Gasteiger charge is -2.22. The molecule has 0 saturated carbocycles. The maximum atomic E-state index is 12.7. The average molecular weight is 453 g/mol. The van der Waals surface area contributed by atoms with Crippen LogP contribution in [0.15, 0.2) is 55.0 Å².